The summed E-state index contributed by atoms with van der Waals surface area (Å²) in [5, 5.41) is 9.66. The first-order chi connectivity index (χ1) is 52.3. The Hall–Kier alpha value is -13.5. The maximum Gasteiger partial charge on any atom is 0.151 e. The lowest BCUT2D eigenvalue weighted by Gasteiger charge is -2.32. The molecule has 3 aliphatic rings. The number of aromatic nitrogens is 2. The number of para-hydroxylation sites is 14. The number of anilines is 8. The fourth-order valence-electron chi connectivity index (χ4n) is 14.9. The molecule has 0 saturated heterocycles. The number of ether oxygens (including phenoxy) is 3. The zero-order chi connectivity index (χ0) is 70.6. The first-order valence-electron chi connectivity index (χ1n) is 35.3. The van der Waals surface area contributed by atoms with Crippen LogP contribution >= 0.6 is 23.2 Å². The molecule has 3 aliphatic heterocycles. The van der Waals surface area contributed by atoms with E-state index in [1.54, 1.807) is 0 Å². The molecular formula is C96H63Cl2N5O3. The highest BCUT2D eigenvalue weighted by Crippen LogP contribution is 2.53. The predicted molar refractivity (Wildman–Crippen MR) is 439 cm³/mol. The van der Waals surface area contributed by atoms with Crippen molar-refractivity contribution in [2.45, 2.75) is 0 Å². The molecule has 106 heavy (non-hydrogen) atoms. The van der Waals surface area contributed by atoms with Crippen molar-refractivity contribution in [2.24, 2.45) is 0 Å². The van der Waals surface area contributed by atoms with Crippen LogP contribution in [0, 0.1) is 0 Å². The van der Waals surface area contributed by atoms with Crippen molar-refractivity contribution >= 4 is 112 Å². The van der Waals surface area contributed by atoms with Crippen LogP contribution in [0.1, 0.15) is 0 Å². The van der Waals surface area contributed by atoms with Crippen LogP contribution in [0.15, 0.2) is 376 Å². The third-order valence-electron chi connectivity index (χ3n) is 20.0. The zero-order valence-electron chi connectivity index (χ0n) is 57.1. The van der Waals surface area contributed by atoms with Gasteiger partial charge < -0.3 is 38.5 Å². The van der Waals surface area contributed by atoms with E-state index in [9.17, 15) is 0 Å². The molecule has 0 spiro atoms. The molecule has 0 atom stereocenters. The van der Waals surface area contributed by atoms with E-state index < -0.39 is 0 Å². The molecule has 0 amide bonds. The van der Waals surface area contributed by atoms with Gasteiger partial charge in [-0.05, 0) is 239 Å². The lowest BCUT2D eigenvalue weighted by Crippen LogP contribution is -2.15. The van der Waals surface area contributed by atoms with Gasteiger partial charge in [-0.1, -0.05) is 205 Å². The molecule has 0 unspecified atom stereocenters. The Labute approximate surface area is 623 Å². The van der Waals surface area contributed by atoms with Gasteiger partial charge in [0.1, 0.15) is 0 Å². The van der Waals surface area contributed by atoms with Crippen molar-refractivity contribution in [3.63, 3.8) is 0 Å². The van der Waals surface area contributed by atoms with E-state index in [2.05, 4.69) is 279 Å². The third-order valence-corrected chi connectivity index (χ3v) is 20.5. The number of hydrogen-bond acceptors (Lipinski definition) is 6. The molecule has 18 aromatic rings. The van der Waals surface area contributed by atoms with Gasteiger partial charge in [0.05, 0.1) is 56.2 Å². The van der Waals surface area contributed by atoms with Gasteiger partial charge in [-0.2, -0.15) is 0 Å². The van der Waals surface area contributed by atoms with Gasteiger partial charge in [0, 0.05) is 54.3 Å². The van der Waals surface area contributed by atoms with Crippen LogP contribution in [0.2, 0.25) is 10.0 Å². The molecule has 1 N–H and O–H groups in total. The number of rotatable bonds is 8. The first-order valence-corrected chi connectivity index (χ1v) is 36.1. The van der Waals surface area contributed by atoms with Gasteiger partial charge in [-0.25, -0.2) is 0 Å². The molecule has 0 aliphatic carbocycles. The topological polar surface area (TPSA) is 56.1 Å². The summed E-state index contributed by atoms with van der Waals surface area (Å²) in [6, 6.07) is 131. The molecule has 2 aromatic heterocycles. The van der Waals surface area contributed by atoms with Crippen molar-refractivity contribution in [2.75, 3.05) is 15.1 Å². The highest BCUT2D eigenvalue weighted by molar-refractivity contribution is 6.31. The second-order valence-corrected chi connectivity index (χ2v) is 27.2. The lowest BCUT2D eigenvalue weighted by atomic mass is 9.99. The molecular weight excluding hydrogens is 1340 g/mol. The van der Waals surface area contributed by atoms with Gasteiger partial charge in [-0.3, -0.25) is 0 Å². The van der Waals surface area contributed by atoms with Crippen LogP contribution in [0.5, 0.6) is 34.5 Å². The molecule has 16 aromatic carbocycles. The second-order valence-electron chi connectivity index (χ2n) is 26.3. The fourth-order valence-corrected chi connectivity index (χ4v) is 15.2. The average molecular weight is 1410 g/mol. The Morgan fingerprint density at radius 1 is 0.208 bits per heavy atom. The highest BCUT2D eigenvalue weighted by atomic mass is 35.5. The Bertz CT molecular complexity index is 5880. The van der Waals surface area contributed by atoms with Crippen LogP contribution < -0.4 is 29.3 Å². The summed E-state index contributed by atoms with van der Waals surface area (Å²) in [5.74, 6) is 5.15. The summed E-state index contributed by atoms with van der Waals surface area (Å²) in [6.45, 7) is 0. The number of hydrogen-bond donors (Lipinski definition) is 1. The normalized spacial score (nSPS) is 12.1. The Morgan fingerprint density at radius 3 is 0.764 bits per heavy atom. The summed E-state index contributed by atoms with van der Waals surface area (Å²) in [4.78, 5) is 4.56. The summed E-state index contributed by atoms with van der Waals surface area (Å²) in [7, 11) is 0. The maximum absolute atomic E-state index is 6.27. The smallest absolute Gasteiger partial charge is 0.151 e. The SMILES string of the molecule is Clc1ccc(-c2ccc3c(c2)c2cc(-c4ccc(Cl)cc4)ccc2n3-c2ccccc2)cc1.c1ccc(-n2c3ccc(-c4ccc(N5c6ccccc6Oc6ccccc65)cc4)cc3c3cc(-c4ccc(N5c6ccccc6Oc6ccccc65)cc4)ccc32)cc1.c1ccc2c(c1)Nc1ccccc1O2. The van der Waals surface area contributed by atoms with Crippen LogP contribution in [-0.2, 0) is 0 Å². The monoisotopic (exact) mass is 1400 g/mol. The molecule has 8 nitrogen and oxygen atoms in total. The first kappa shape index (κ1) is 63.4. The number of fused-ring (bicyclic) bond motifs is 12. The summed E-state index contributed by atoms with van der Waals surface area (Å²) in [6.07, 6.45) is 0. The Balaban J connectivity index is 0.000000135. The number of benzene rings is 16. The van der Waals surface area contributed by atoms with Crippen molar-refractivity contribution in [3.8, 4) is 90.4 Å². The number of nitrogens with zero attached hydrogens (tertiary/aromatic N) is 4. The largest absolute Gasteiger partial charge is 0.453 e. The molecule has 0 saturated carbocycles. The maximum atomic E-state index is 6.27. The lowest BCUT2D eigenvalue weighted by molar-refractivity contribution is 0.477. The quantitative estimate of drug-likeness (QED) is 0.164. The van der Waals surface area contributed by atoms with Crippen LogP contribution in [0.25, 0.3) is 99.5 Å². The summed E-state index contributed by atoms with van der Waals surface area (Å²) >= 11 is 12.2. The molecule has 0 bridgehead atoms. The zero-order valence-corrected chi connectivity index (χ0v) is 58.6. The minimum absolute atomic E-state index is 0.744. The molecule has 5 heterocycles. The second kappa shape index (κ2) is 27.0. The summed E-state index contributed by atoms with van der Waals surface area (Å²) < 4.78 is 23.0. The van der Waals surface area contributed by atoms with E-state index in [0.717, 1.165) is 124 Å². The van der Waals surface area contributed by atoms with Crippen molar-refractivity contribution < 1.29 is 14.2 Å². The molecule has 0 radical (unpaired) electrons. The van der Waals surface area contributed by atoms with Gasteiger partial charge >= 0.3 is 0 Å². The van der Waals surface area contributed by atoms with E-state index >= 15 is 0 Å². The van der Waals surface area contributed by atoms with E-state index in [-0.39, 0.29) is 0 Å². The molecule has 0 fully saturated rings. The van der Waals surface area contributed by atoms with Gasteiger partial charge in [0.15, 0.2) is 34.5 Å². The molecule has 10 heteroatoms. The minimum Gasteiger partial charge on any atom is -0.453 e. The van der Waals surface area contributed by atoms with Crippen molar-refractivity contribution in [3.05, 3.63) is 386 Å². The van der Waals surface area contributed by atoms with E-state index in [1.807, 2.05) is 121 Å². The van der Waals surface area contributed by atoms with Crippen LogP contribution in [0.3, 0.4) is 0 Å². The molecule has 21 rings (SSSR count). The van der Waals surface area contributed by atoms with E-state index in [0.29, 0.717) is 0 Å². The van der Waals surface area contributed by atoms with Gasteiger partial charge in [0.25, 0.3) is 0 Å². The fraction of sp³-hybridized carbons (Fsp3) is 0. The summed E-state index contributed by atoms with van der Waals surface area (Å²) in [5.41, 5.74) is 24.6. The van der Waals surface area contributed by atoms with Crippen molar-refractivity contribution in [1.29, 1.82) is 0 Å². The number of nitrogens with one attached hydrogen (secondary N) is 1. The third kappa shape index (κ3) is 11.7. The van der Waals surface area contributed by atoms with E-state index in [1.165, 1.54) is 65.9 Å². The predicted octanol–water partition coefficient (Wildman–Crippen LogP) is 28.2. The number of halogens is 2. The standard InChI is InChI=1S/C54H35N3O2.C30H19Cl2N.C12H9NO/c1-2-12-40(13-3-1)55-45-32-26-38(36-22-28-41(29-23-36)56-47-14-4-8-18-51(47)58-52-19-9-5-15-48(52)56)34-43(45)44-35-39(27-33-46(44)55)37-24-30-42(31-25-37)57-49-16-6-10-20-53(49)59-54-21-11-7-17-50(54)57;31-24-12-6-20(7-13-24)22-10-16-29-27(18-22)28-19-23(21-8-14-25(32)15-9-21)11-17-30(28)33(29)26-4-2-1-3-5-26;1-3-7-11-9(5-1)13-10-6-2-4-8-12(10)14-11/h1-35H;1-19H;1-8,13H. The van der Waals surface area contributed by atoms with Crippen LogP contribution in [0.4, 0.5) is 45.5 Å². The average Bonchev–Trinajstić information content (AvgIpc) is 1.28. The van der Waals surface area contributed by atoms with E-state index in [4.69, 9.17) is 37.4 Å². The Morgan fingerprint density at radius 2 is 0.453 bits per heavy atom. The van der Waals surface area contributed by atoms with Crippen molar-refractivity contribution in [1.82, 2.24) is 9.13 Å². The minimum atomic E-state index is 0.744. The van der Waals surface area contributed by atoms with Crippen LogP contribution in [-0.4, -0.2) is 9.13 Å². The van der Waals surface area contributed by atoms with Gasteiger partial charge in [0.2, 0.25) is 0 Å². The Kier molecular flexibility index (Phi) is 16.2. The van der Waals surface area contributed by atoms with Gasteiger partial charge in [-0.15, -0.1) is 0 Å². The molecule has 504 valence electrons. The highest BCUT2D eigenvalue weighted by Gasteiger charge is 2.28.